The molecule has 5 nitrogen and oxygen atoms in total. The first-order chi connectivity index (χ1) is 6.57. The lowest BCUT2D eigenvalue weighted by molar-refractivity contribution is 0.595. The number of hydrogen-bond acceptors (Lipinski definition) is 2. The number of H-pyrrole nitrogens is 2. The maximum absolute atomic E-state index is 11.0. The number of rotatable bonds is 2. The molecule has 0 aliphatic carbocycles. The van der Waals surface area contributed by atoms with Crippen LogP contribution in [0.2, 0.25) is 0 Å². The van der Waals surface area contributed by atoms with Crippen molar-refractivity contribution in [3.05, 3.63) is 30.5 Å². The molecule has 0 spiro atoms. The van der Waals surface area contributed by atoms with Crippen LogP contribution < -0.4 is 5.14 Å². The summed E-state index contributed by atoms with van der Waals surface area (Å²) >= 11 is 0. The summed E-state index contributed by atoms with van der Waals surface area (Å²) in [4.78, 5) is 5.66. The Morgan fingerprint density at radius 2 is 1.93 bits per heavy atom. The van der Waals surface area contributed by atoms with Gasteiger partial charge < -0.3 is 9.97 Å². The van der Waals surface area contributed by atoms with Crippen LogP contribution in [0.5, 0.6) is 0 Å². The van der Waals surface area contributed by atoms with Gasteiger partial charge in [0.2, 0.25) is 0 Å². The van der Waals surface area contributed by atoms with Crippen molar-refractivity contribution in [2.24, 2.45) is 5.14 Å². The van der Waals surface area contributed by atoms with Crippen LogP contribution in [0.4, 0.5) is 0 Å². The molecule has 0 aromatic carbocycles. The zero-order valence-corrected chi connectivity index (χ0v) is 8.01. The molecule has 0 amide bonds. The van der Waals surface area contributed by atoms with Crippen LogP contribution in [0, 0.1) is 0 Å². The van der Waals surface area contributed by atoms with Crippen molar-refractivity contribution in [2.75, 3.05) is 0 Å². The minimum atomic E-state index is -3.64. The predicted molar refractivity (Wildman–Crippen MR) is 52.0 cm³/mol. The zero-order chi connectivity index (χ0) is 10.2. The second-order valence-electron chi connectivity index (χ2n) is 2.87. The Kier molecular flexibility index (Phi) is 1.94. The van der Waals surface area contributed by atoms with E-state index in [1.165, 1.54) is 6.07 Å². The summed E-state index contributed by atoms with van der Waals surface area (Å²) in [7, 11) is -3.64. The van der Waals surface area contributed by atoms with Gasteiger partial charge in [0.15, 0.2) is 0 Å². The molecule has 0 atom stereocenters. The third-order valence-electron chi connectivity index (χ3n) is 1.85. The van der Waals surface area contributed by atoms with Gasteiger partial charge in [0.1, 0.15) is 5.03 Å². The number of primary sulfonamides is 1. The number of aromatic amines is 2. The first-order valence-electron chi connectivity index (χ1n) is 3.93. The van der Waals surface area contributed by atoms with Crippen LogP contribution in [0.3, 0.4) is 0 Å². The van der Waals surface area contributed by atoms with E-state index in [1.807, 2.05) is 12.1 Å². The molecule has 6 heteroatoms. The normalized spacial score (nSPS) is 11.8. The lowest BCUT2D eigenvalue weighted by Gasteiger charge is -1.93. The highest BCUT2D eigenvalue weighted by Gasteiger charge is 2.10. The highest BCUT2D eigenvalue weighted by molar-refractivity contribution is 7.89. The fourth-order valence-electron chi connectivity index (χ4n) is 1.20. The van der Waals surface area contributed by atoms with Crippen molar-refractivity contribution in [1.29, 1.82) is 0 Å². The number of nitrogens with one attached hydrogen (secondary N) is 2. The average molecular weight is 211 g/mol. The second kappa shape index (κ2) is 3.00. The van der Waals surface area contributed by atoms with Crippen LogP contribution in [0.1, 0.15) is 0 Å². The molecule has 2 rings (SSSR count). The topological polar surface area (TPSA) is 91.7 Å². The van der Waals surface area contributed by atoms with E-state index in [1.54, 1.807) is 12.3 Å². The van der Waals surface area contributed by atoms with Gasteiger partial charge in [0, 0.05) is 6.20 Å². The first-order valence-corrected chi connectivity index (χ1v) is 5.47. The van der Waals surface area contributed by atoms with Crippen molar-refractivity contribution >= 4 is 10.0 Å². The van der Waals surface area contributed by atoms with E-state index in [0.717, 1.165) is 5.69 Å². The van der Waals surface area contributed by atoms with Crippen molar-refractivity contribution in [2.45, 2.75) is 5.03 Å². The summed E-state index contributed by atoms with van der Waals surface area (Å²) < 4.78 is 21.9. The van der Waals surface area contributed by atoms with Gasteiger partial charge in [-0.25, -0.2) is 13.6 Å². The molecule has 0 unspecified atom stereocenters. The Balaban J connectivity index is 2.46. The lowest BCUT2D eigenvalue weighted by Crippen LogP contribution is -2.12. The molecule has 2 aromatic heterocycles. The van der Waals surface area contributed by atoms with Crippen molar-refractivity contribution in [1.82, 2.24) is 9.97 Å². The number of sulfonamides is 1. The Morgan fingerprint density at radius 1 is 1.14 bits per heavy atom. The first kappa shape index (κ1) is 9.04. The van der Waals surface area contributed by atoms with Gasteiger partial charge in [-0.05, 0) is 24.3 Å². The SMILES string of the molecule is NS(=O)(=O)c1ccc(-c2ccc[nH]2)[nH]1. The van der Waals surface area contributed by atoms with Gasteiger partial charge in [0.25, 0.3) is 10.0 Å². The van der Waals surface area contributed by atoms with Gasteiger partial charge in [-0.15, -0.1) is 0 Å². The van der Waals surface area contributed by atoms with E-state index >= 15 is 0 Å². The molecular formula is C8H9N3O2S. The molecule has 2 aromatic rings. The summed E-state index contributed by atoms with van der Waals surface area (Å²) in [6, 6.07) is 6.75. The minimum absolute atomic E-state index is 0.0158. The number of hydrogen-bond donors (Lipinski definition) is 3. The van der Waals surface area contributed by atoms with Crippen LogP contribution in [-0.2, 0) is 10.0 Å². The fraction of sp³-hybridized carbons (Fsp3) is 0. The molecule has 0 radical (unpaired) electrons. The average Bonchev–Trinajstić information content (AvgIpc) is 2.73. The molecule has 74 valence electrons. The number of aromatic nitrogens is 2. The fourth-order valence-corrected chi connectivity index (χ4v) is 1.71. The van der Waals surface area contributed by atoms with E-state index in [2.05, 4.69) is 9.97 Å². The summed E-state index contributed by atoms with van der Waals surface area (Å²) in [5.74, 6) is 0. The highest BCUT2D eigenvalue weighted by Crippen LogP contribution is 2.17. The monoisotopic (exact) mass is 211 g/mol. The van der Waals surface area contributed by atoms with E-state index in [4.69, 9.17) is 5.14 Å². The Hall–Kier alpha value is -1.53. The molecule has 4 N–H and O–H groups in total. The highest BCUT2D eigenvalue weighted by atomic mass is 32.2. The van der Waals surface area contributed by atoms with Gasteiger partial charge in [0.05, 0.1) is 11.4 Å². The summed E-state index contributed by atoms with van der Waals surface area (Å²) in [6.07, 6.45) is 1.76. The third-order valence-corrected chi connectivity index (χ3v) is 2.71. The zero-order valence-electron chi connectivity index (χ0n) is 7.19. The largest absolute Gasteiger partial charge is 0.360 e. The maximum atomic E-state index is 11.0. The molecule has 0 fully saturated rings. The van der Waals surface area contributed by atoms with E-state index < -0.39 is 10.0 Å². The molecule has 0 saturated carbocycles. The molecule has 0 bridgehead atoms. The summed E-state index contributed by atoms with van der Waals surface area (Å²) in [5, 5.41) is 4.97. The smallest absolute Gasteiger partial charge is 0.253 e. The molecule has 14 heavy (non-hydrogen) atoms. The van der Waals surface area contributed by atoms with E-state index in [-0.39, 0.29) is 5.03 Å². The van der Waals surface area contributed by atoms with Gasteiger partial charge in [-0.1, -0.05) is 0 Å². The minimum Gasteiger partial charge on any atom is -0.360 e. The Labute approximate surface area is 81.0 Å². The standard InChI is InChI=1S/C8H9N3O2S/c9-14(12,13)8-4-3-7(11-8)6-2-1-5-10-6/h1-5,10-11H,(H2,9,12,13). The van der Waals surface area contributed by atoms with E-state index in [0.29, 0.717) is 5.69 Å². The van der Waals surface area contributed by atoms with E-state index in [9.17, 15) is 8.42 Å². The molecule has 0 aliphatic rings. The Morgan fingerprint density at radius 3 is 2.43 bits per heavy atom. The van der Waals surface area contributed by atoms with Crippen LogP contribution in [0.25, 0.3) is 11.4 Å². The number of nitrogens with two attached hydrogens (primary N) is 1. The third kappa shape index (κ3) is 1.57. The Bertz CT molecular complexity index is 525. The predicted octanol–water partition coefficient (Wildman–Crippen LogP) is 0.657. The molecule has 0 aliphatic heterocycles. The van der Waals surface area contributed by atoms with Crippen LogP contribution in [0.15, 0.2) is 35.5 Å². The molecule has 2 heterocycles. The van der Waals surface area contributed by atoms with Gasteiger partial charge in [-0.3, -0.25) is 0 Å². The van der Waals surface area contributed by atoms with Crippen molar-refractivity contribution in [3.8, 4) is 11.4 Å². The quantitative estimate of drug-likeness (QED) is 0.680. The second-order valence-corrected chi connectivity index (χ2v) is 4.39. The van der Waals surface area contributed by atoms with Crippen molar-refractivity contribution < 1.29 is 8.42 Å². The lowest BCUT2D eigenvalue weighted by atomic mass is 10.3. The summed E-state index contributed by atoms with van der Waals surface area (Å²) in [5.41, 5.74) is 1.51. The van der Waals surface area contributed by atoms with Gasteiger partial charge in [-0.2, -0.15) is 0 Å². The van der Waals surface area contributed by atoms with Gasteiger partial charge >= 0.3 is 0 Å². The summed E-state index contributed by atoms with van der Waals surface area (Å²) in [6.45, 7) is 0. The van der Waals surface area contributed by atoms with Crippen molar-refractivity contribution in [3.63, 3.8) is 0 Å². The molecular weight excluding hydrogens is 202 g/mol. The van der Waals surface area contributed by atoms with Crippen LogP contribution in [-0.4, -0.2) is 18.4 Å². The maximum Gasteiger partial charge on any atom is 0.253 e. The molecule has 0 saturated heterocycles. The van der Waals surface area contributed by atoms with Crippen LogP contribution >= 0.6 is 0 Å².